The topological polar surface area (TPSA) is 37.8 Å². The molecule has 0 spiro atoms. The van der Waals surface area contributed by atoms with Crippen LogP contribution in [-0.4, -0.2) is 16.5 Å². The summed E-state index contributed by atoms with van der Waals surface area (Å²) < 4.78 is 0. The van der Waals surface area contributed by atoms with Gasteiger partial charge in [-0.3, -0.25) is 0 Å². The van der Waals surface area contributed by atoms with Crippen LogP contribution in [0, 0.1) is 5.41 Å². The predicted molar refractivity (Wildman–Crippen MR) is 76.0 cm³/mol. The van der Waals surface area contributed by atoms with E-state index in [4.69, 9.17) is 4.98 Å². The first kappa shape index (κ1) is 13.3. The molecule has 0 bridgehead atoms. The third-order valence-corrected chi connectivity index (χ3v) is 3.69. The molecule has 1 unspecified atom stereocenters. The summed E-state index contributed by atoms with van der Waals surface area (Å²) in [5.74, 6) is 2.51. The Bertz CT molecular complexity index is 444. The van der Waals surface area contributed by atoms with Crippen molar-refractivity contribution in [2.45, 2.75) is 59.3 Å². The lowest BCUT2D eigenvalue weighted by molar-refractivity contribution is 0.554. The fraction of sp³-hybridized carbons (Fsp3) is 0.733. The summed E-state index contributed by atoms with van der Waals surface area (Å²) in [4.78, 5) is 9.47. The molecule has 1 heterocycles. The minimum Gasteiger partial charge on any atom is -0.370 e. The Labute approximate surface area is 110 Å². The molecule has 18 heavy (non-hydrogen) atoms. The SMILES string of the molecule is CCNc1cc(C(C)(C)C)nc(C2CC2(C)C)n1. The molecule has 0 aromatic carbocycles. The zero-order valence-corrected chi connectivity index (χ0v) is 12.5. The van der Waals surface area contributed by atoms with Gasteiger partial charge in [0.15, 0.2) is 0 Å². The molecule has 2 rings (SSSR count). The number of rotatable bonds is 3. The third-order valence-electron chi connectivity index (χ3n) is 3.69. The van der Waals surface area contributed by atoms with E-state index in [0.29, 0.717) is 11.3 Å². The van der Waals surface area contributed by atoms with Gasteiger partial charge in [0.1, 0.15) is 11.6 Å². The Morgan fingerprint density at radius 2 is 1.94 bits per heavy atom. The van der Waals surface area contributed by atoms with Gasteiger partial charge in [-0.15, -0.1) is 0 Å². The van der Waals surface area contributed by atoms with Crippen molar-refractivity contribution in [1.29, 1.82) is 0 Å². The first-order valence-electron chi connectivity index (χ1n) is 6.87. The number of nitrogens with zero attached hydrogens (tertiary/aromatic N) is 2. The lowest BCUT2D eigenvalue weighted by Crippen LogP contribution is -2.17. The molecule has 3 heteroatoms. The highest BCUT2D eigenvalue weighted by Crippen LogP contribution is 2.57. The molecule has 1 fully saturated rings. The van der Waals surface area contributed by atoms with Gasteiger partial charge in [-0.2, -0.15) is 0 Å². The zero-order chi connectivity index (χ0) is 13.6. The summed E-state index contributed by atoms with van der Waals surface area (Å²) in [7, 11) is 0. The number of anilines is 1. The zero-order valence-electron chi connectivity index (χ0n) is 12.5. The second-order valence-electron chi connectivity index (χ2n) is 7.02. The molecule has 100 valence electrons. The van der Waals surface area contributed by atoms with E-state index in [0.717, 1.165) is 23.9 Å². The molecule has 1 atom stereocenters. The van der Waals surface area contributed by atoms with Crippen LogP contribution in [0.1, 0.15) is 65.4 Å². The fourth-order valence-corrected chi connectivity index (χ4v) is 2.19. The molecule has 0 aliphatic heterocycles. The number of nitrogens with one attached hydrogen (secondary N) is 1. The second-order valence-corrected chi connectivity index (χ2v) is 7.02. The quantitative estimate of drug-likeness (QED) is 0.884. The van der Waals surface area contributed by atoms with Crippen LogP contribution in [0.4, 0.5) is 5.82 Å². The molecule has 1 aromatic rings. The maximum atomic E-state index is 4.79. The van der Waals surface area contributed by atoms with E-state index < -0.39 is 0 Å². The van der Waals surface area contributed by atoms with Gasteiger partial charge < -0.3 is 5.32 Å². The van der Waals surface area contributed by atoms with Crippen molar-refractivity contribution in [2.24, 2.45) is 5.41 Å². The Morgan fingerprint density at radius 3 is 2.39 bits per heavy atom. The molecular weight excluding hydrogens is 222 g/mol. The molecule has 1 aliphatic carbocycles. The third kappa shape index (κ3) is 2.65. The fourth-order valence-electron chi connectivity index (χ4n) is 2.19. The number of aromatic nitrogens is 2. The van der Waals surface area contributed by atoms with Crippen LogP contribution in [0.2, 0.25) is 0 Å². The molecular formula is C15H25N3. The van der Waals surface area contributed by atoms with Crippen LogP contribution in [0.15, 0.2) is 6.07 Å². The highest BCUT2D eigenvalue weighted by Gasteiger charge is 2.48. The van der Waals surface area contributed by atoms with Crippen molar-refractivity contribution in [3.63, 3.8) is 0 Å². The maximum absolute atomic E-state index is 4.79. The van der Waals surface area contributed by atoms with Crippen LogP contribution in [0.25, 0.3) is 0 Å². The van der Waals surface area contributed by atoms with Gasteiger partial charge >= 0.3 is 0 Å². The van der Waals surface area contributed by atoms with E-state index in [1.807, 2.05) is 0 Å². The Balaban J connectivity index is 2.38. The molecule has 0 saturated heterocycles. The first-order chi connectivity index (χ1) is 8.24. The number of hydrogen-bond acceptors (Lipinski definition) is 3. The summed E-state index contributed by atoms with van der Waals surface area (Å²) in [6.45, 7) is 14.2. The van der Waals surface area contributed by atoms with Gasteiger partial charge in [0, 0.05) is 23.9 Å². The first-order valence-corrected chi connectivity index (χ1v) is 6.87. The molecule has 1 N–H and O–H groups in total. The van der Waals surface area contributed by atoms with E-state index in [-0.39, 0.29) is 5.41 Å². The monoisotopic (exact) mass is 247 g/mol. The van der Waals surface area contributed by atoms with Crippen LogP contribution < -0.4 is 5.32 Å². The highest BCUT2D eigenvalue weighted by molar-refractivity contribution is 5.39. The summed E-state index contributed by atoms with van der Waals surface area (Å²) in [6.07, 6.45) is 1.20. The van der Waals surface area contributed by atoms with E-state index in [1.54, 1.807) is 0 Å². The Morgan fingerprint density at radius 1 is 1.33 bits per heavy atom. The maximum Gasteiger partial charge on any atom is 0.134 e. The van der Waals surface area contributed by atoms with Crippen molar-refractivity contribution in [2.75, 3.05) is 11.9 Å². The van der Waals surface area contributed by atoms with E-state index in [1.165, 1.54) is 6.42 Å². The minimum absolute atomic E-state index is 0.0703. The van der Waals surface area contributed by atoms with Gasteiger partial charge in [0.25, 0.3) is 0 Å². The molecule has 1 aromatic heterocycles. The predicted octanol–water partition coefficient (Wildman–Crippen LogP) is 3.72. The standard InChI is InChI=1S/C15H25N3/c1-7-16-12-8-11(14(2,3)4)17-13(18-12)10-9-15(10,5)6/h8,10H,7,9H2,1-6H3,(H,16,17,18). The van der Waals surface area contributed by atoms with Gasteiger partial charge in [-0.1, -0.05) is 34.6 Å². The largest absolute Gasteiger partial charge is 0.370 e. The summed E-state index contributed by atoms with van der Waals surface area (Å²) in [5, 5.41) is 3.32. The van der Waals surface area contributed by atoms with Crippen molar-refractivity contribution < 1.29 is 0 Å². The van der Waals surface area contributed by atoms with Gasteiger partial charge in [-0.05, 0) is 18.8 Å². The van der Waals surface area contributed by atoms with Crippen LogP contribution >= 0.6 is 0 Å². The van der Waals surface area contributed by atoms with Crippen molar-refractivity contribution in [3.05, 3.63) is 17.6 Å². The van der Waals surface area contributed by atoms with Crippen LogP contribution in [0.3, 0.4) is 0 Å². The van der Waals surface area contributed by atoms with Crippen molar-refractivity contribution in [1.82, 2.24) is 9.97 Å². The minimum atomic E-state index is 0.0703. The highest BCUT2D eigenvalue weighted by atomic mass is 15.0. The lowest BCUT2D eigenvalue weighted by Gasteiger charge is -2.20. The summed E-state index contributed by atoms with van der Waals surface area (Å²) >= 11 is 0. The van der Waals surface area contributed by atoms with Gasteiger partial charge in [0.05, 0.1) is 5.69 Å². The Hall–Kier alpha value is -1.12. The van der Waals surface area contributed by atoms with E-state index >= 15 is 0 Å². The molecule has 0 amide bonds. The molecule has 1 aliphatic rings. The lowest BCUT2D eigenvalue weighted by atomic mass is 9.91. The van der Waals surface area contributed by atoms with E-state index in [9.17, 15) is 0 Å². The van der Waals surface area contributed by atoms with Crippen molar-refractivity contribution in [3.8, 4) is 0 Å². The second kappa shape index (κ2) is 4.22. The average Bonchev–Trinajstić information content (AvgIpc) is 2.87. The summed E-state index contributed by atoms with van der Waals surface area (Å²) in [5.41, 5.74) is 1.58. The van der Waals surface area contributed by atoms with Gasteiger partial charge in [-0.25, -0.2) is 9.97 Å². The summed E-state index contributed by atoms with van der Waals surface area (Å²) in [6, 6.07) is 2.09. The van der Waals surface area contributed by atoms with Gasteiger partial charge in [0.2, 0.25) is 0 Å². The molecule has 1 saturated carbocycles. The van der Waals surface area contributed by atoms with Crippen molar-refractivity contribution >= 4 is 5.82 Å². The Kier molecular flexibility index (Phi) is 3.12. The normalized spacial score (nSPS) is 21.8. The average molecular weight is 247 g/mol. The molecule has 0 radical (unpaired) electrons. The smallest absolute Gasteiger partial charge is 0.134 e. The van der Waals surface area contributed by atoms with E-state index in [2.05, 4.69) is 57.9 Å². The van der Waals surface area contributed by atoms with Crippen LogP contribution in [0.5, 0.6) is 0 Å². The van der Waals surface area contributed by atoms with Crippen LogP contribution in [-0.2, 0) is 5.41 Å². The number of hydrogen-bond donors (Lipinski definition) is 1. The molecule has 3 nitrogen and oxygen atoms in total.